The first kappa shape index (κ1) is 20.0. The largest absolute Gasteiger partial charge is 0.411 e. The number of nitrogens with one attached hydrogen (secondary N) is 1. The van der Waals surface area contributed by atoms with E-state index in [1.807, 2.05) is 13.0 Å². The zero-order valence-corrected chi connectivity index (χ0v) is 16.6. The third-order valence-electron chi connectivity index (χ3n) is 5.75. The second-order valence-corrected chi connectivity index (χ2v) is 7.31. The summed E-state index contributed by atoms with van der Waals surface area (Å²) in [5, 5.41) is 19.1. The lowest BCUT2D eigenvalue weighted by Gasteiger charge is -2.26. The molecule has 0 bridgehead atoms. The lowest BCUT2D eigenvalue weighted by atomic mass is 9.85. The molecule has 2 N–H and O–H groups in total. The number of alkyl halides is 1. The van der Waals surface area contributed by atoms with Gasteiger partial charge < -0.3 is 15.3 Å². The van der Waals surface area contributed by atoms with Gasteiger partial charge in [-0.3, -0.25) is 4.79 Å². The number of hydrogen-bond acceptors (Lipinski definition) is 6. The van der Waals surface area contributed by atoms with Gasteiger partial charge in [-0.05, 0) is 30.7 Å². The second kappa shape index (κ2) is 7.83. The molecule has 30 heavy (non-hydrogen) atoms. The molecule has 0 radical (unpaired) electrons. The summed E-state index contributed by atoms with van der Waals surface area (Å²) >= 11 is 0. The highest BCUT2D eigenvalue weighted by Crippen LogP contribution is 2.46. The Hall–Kier alpha value is -3.33. The van der Waals surface area contributed by atoms with Crippen molar-refractivity contribution in [1.82, 2.24) is 14.6 Å². The lowest BCUT2D eigenvalue weighted by molar-refractivity contribution is -0.0155. The zero-order valence-electron chi connectivity index (χ0n) is 16.6. The normalized spacial score (nSPS) is 26.4. The number of oxime groups is 1. The van der Waals surface area contributed by atoms with Crippen LogP contribution in [0.4, 0.5) is 10.2 Å². The quantitative estimate of drug-likeness (QED) is 0.379. The highest BCUT2D eigenvalue weighted by Gasteiger charge is 2.53. The molecule has 1 aliphatic heterocycles. The second-order valence-electron chi connectivity index (χ2n) is 7.31. The highest BCUT2D eigenvalue weighted by atomic mass is 19.1. The van der Waals surface area contributed by atoms with Crippen molar-refractivity contribution >= 4 is 23.5 Å². The van der Waals surface area contributed by atoms with Crippen molar-refractivity contribution in [3.63, 3.8) is 0 Å². The van der Waals surface area contributed by atoms with Crippen LogP contribution in [0.25, 0.3) is 5.52 Å². The standard InChI is InChI=1S/C21H22FN5O3/c1-3-21(11-25-29)13(2)17(22)18(30-21)15-9-10-16-19(23-12-24-27(15)16)26-20(28)14-7-5-4-6-8-14/h4-13,17-18,29H,3H2,1-2H3,(H,23,24,26,28)/b25-11+/t13-,17+,18-,21-/m0/s1. The Bertz CT molecular complexity index is 1090. The van der Waals surface area contributed by atoms with E-state index in [0.717, 1.165) is 0 Å². The minimum Gasteiger partial charge on any atom is -0.411 e. The molecule has 0 aliphatic carbocycles. The summed E-state index contributed by atoms with van der Waals surface area (Å²) in [4.78, 5) is 16.7. The fourth-order valence-electron chi connectivity index (χ4n) is 3.94. The Labute approximate surface area is 172 Å². The number of benzene rings is 1. The van der Waals surface area contributed by atoms with Crippen LogP contribution in [0.2, 0.25) is 0 Å². The van der Waals surface area contributed by atoms with Crippen molar-refractivity contribution in [1.29, 1.82) is 0 Å². The predicted octanol–water partition coefficient (Wildman–Crippen LogP) is 3.64. The van der Waals surface area contributed by atoms with E-state index in [9.17, 15) is 4.79 Å². The number of carbonyl (C=O) groups is 1. The van der Waals surface area contributed by atoms with E-state index in [1.165, 1.54) is 17.1 Å². The maximum absolute atomic E-state index is 15.2. The summed E-state index contributed by atoms with van der Waals surface area (Å²) in [6, 6.07) is 12.2. The molecule has 9 heteroatoms. The first-order valence-corrected chi connectivity index (χ1v) is 9.70. The number of fused-ring (bicyclic) bond motifs is 1. The topological polar surface area (TPSA) is 101 Å². The Morgan fingerprint density at radius 2 is 2.13 bits per heavy atom. The van der Waals surface area contributed by atoms with Crippen molar-refractivity contribution in [3.05, 3.63) is 60.0 Å². The van der Waals surface area contributed by atoms with Gasteiger partial charge in [0, 0.05) is 11.5 Å². The zero-order chi connectivity index (χ0) is 21.3. The van der Waals surface area contributed by atoms with E-state index >= 15 is 4.39 Å². The van der Waals surface area contributed by atoms with Crippen molar-refractivity contribution in [2.24, 2.45) is 11.1 Å². The number of anilines is 1. The molecule has 1 aliphatic rings. The Balaban J connectivity index is 1.68. The molecule has 2 aromatic heterocycles. The molecule has 1 amide bonds. The molecule has 156 valence electrons. The third-order valence-corrected chi connectivity index (χ3v) is 5.75. The minimum atomic E-state index is -1.33. The monoisotopic (exact) mass is 411 g/mol. The Morgan fingerprint density at radius 1 is 1.37 bits per heavy atom. The Morgan fingerprint density at radius 3 is 2.83 bits per heavy atom. The van der Waals surface area contributed by atoms with Crippen LogP contribution in [0, 0.1) is 5.92 Å². The van der Waals surface area contributed by atoms with Gasteiger partial charge in [0.1, 0.15) is 29.7 Å². The molecule has 1 saturated heterocycles. The summed E-state index contributed by atoms with van der Waals surface area (Å²) in [6.45, 7) is 3.58. The summed E-state index contributed by atoms with van der Waals surface area (Å²) < 4.78 is 22.8. The van der Waals surface area contributed by atoms with Crippen LogP contribution in [0.3, 0.4) is 0 Å². The van der Waals surface area contributed by atoms with Crippen molar-refractivity contribution < 1.29 is 19.1 Å². The van der Waals surface area contributed by atoms with Gasteiger partial charge in [0.25, 0.3) is 5.91 Å². The average Bonchev–Trinajstić information content (AvgIpc) is 3.30. The van der Waals surface area contributed by atoms with Crippen molar-refractivity contribution in [2.45, 2.75) is 38.1 Å². The van der Waals surface area contributed by atoms with Gasteiger partial charge in [0.2, 0.25) is 0 Å². The molecule has 1 aromatic carbocycles. The van der Waals surface area contributed by atoms with Crippen LogP contribution in [0.15, 0.2) is 53.9 Å². The van der Waals surface area contributed by atoms with Gasteiger partial charge in [-0.15, -0.1) is 0 Å². The SMILES string of the molecule is CC[C@@]1(/C=N/O)O[C@@H](c2ccc3c(NC(=O)c4ccccc4)ncnn23)[C@H](F)[C@@H]1C. The summed E-state index contributed by atoms with van der Waals surface area (Å²) in [5.74, 6) is -0.518. The molecule has 0 saturated carbocycles. The van der Waals surface area contributed by atoms with Crippen molar-refractivity contribution in [2.75, 3.05) is 5.32 Å². The summed E-state index contributed by atoms with van der Waals surface area (Å²) in [6.07, 6.45) is 0.753. The molecule has 0 unspecified atom stereocenters. The fourth-order valence-corrected chi connectivity index (χ4v) is 3.94. The Kier molecular flexibility index (Phi) is 5.21. The number of carbonyl (C=O) groups excluding carboxylic acids is 1. The molecule has 4 atom stereocenters. The van der Waals surface area contributed by atoms with Crippen LogP contribution < -0.4 is 5.32 Å². The molecule has 3 heterocycles. The van der Waals surface area contributed by atoms with Crippen LogP contribution in [0.1, 0.15) is 42.4 Å². The first-order valence-electron chi connectivity index (χ1n) is 9.70. The molecule has 1 fully saturated rings. The van der Waals surface area contributed by atoms with Gasteiger partial charge in [-0.1, -0.05) is 37.2 Å². The van der Waals surface area contributed by atoms with E-state index in [2.05, 4.69) is 20.6 Å². The maximum Gasteiger partial charge on any atom is 0.256 e. The third kappa shape index (κ3) is 3.21. The van der Waals surface area contributed by atoms with Gasteiger partial charge >= 0.3 is 0 Å². The number of hydrogen-bond donors (Lipinski definition) is 2. The van der Waals surface area contributed by atoms with Gasteiger partial charge in [0.15, 0.2) is 5.82 Å². The van der Waals surface area contributed by atoms with E-state index in [0.29, 0.717) is 29.0 Å². The van der Waals surface area contributed by atoms with Crippen LogP contribution in [0.5, 0.6) is 0 Å². The number of amides is 1. The van der Waals surface area contributed by atoms with E-state index in [1.54, 1.807) is 43.3 Å². The average molecular weight is 411 g/mol. The molecule has 0 spiro atoms. The predicted molar refractivity (Wildman–Crippen MR) is 109 cm³/mol. The number of halogens is 1. The number of rotatable bonds is 5. The fraction of sp³-hybridized carbons (Fsp3) is 0.333. The smallest absolute Gasteiger partial charge is 0.256 e. The van der Waals surface area contributed by atoms with Gasteiger partial charge in [-0.2, -0.15) is 5.10 Å². The van der Waals surface area contributed by atoms with Crippen LogP contribution >= 0.6 is 0 Å². The van der Waals surface area contributed by atoms with Crippen LogP contribution in [-0.4, -0.2) is 43.7 Å². The number of nitrogens with zero attached hydrogens (tertiary/aromatic N) is 4. The van der Waals surface area contributed by atoms with Gasteiger partial charge in [-0.25, -0.2) is 13.9 Å². The lowest BCUT2D eigenvalue weighted by Crippen LogP contribution is -2.36. The minimum absolute atomic E-state index is 0.308. The molecule has 8 nitrogen and oxygen atoms in total. The molecular formula is C21H22FN5O3. The van der Waals surface area contributed by atoms with Crippen LogP contribution in [-0.2, 0) is 4.74 Å². The van der Waals surface area contributed by atoms with Gasteiger partial charge in [0.05, 0.1) is 11.9 Å². The van der Waals surface area contributed by atoms with E-state index in [4.69, 9.17) is 9.94 Å². The first-order chi connectivity index (χ1) is 14.5. The number of aromatic nitrogens is 3. The van der Waals surface area contributed by atoms with E-state index in [-0.39, 0.29) is 5.91 Å². The summed E-state index contributed by atoms with van der Waals surface area (Å²) in [7, 11) is 0. The molecule has 4 rings (SSSR count). The molecule has 3 aromatic rings. The van der Waals surface area contributed by atoms with E-state index < -0.39 is 23.8 Å². The highest BCUT2D eigenvalue weighted by molar-refractivity contribution is 6.05. The summed E-state index contributed by atoms with van der Waals surface area (Å²) in [5.41, 5.74) is 0.489. The molecular weight excluding hydrogens is 389 g/mol. The maximum atomic E-state index is 15.2. The van der Waals surface area contributed by atoms with Crippen molar-refractivity contribution in [3.8, 4) is 0 Å². The number of ether oxygens (including phenoxy) is 1.